The van der Waals surface area contributed by atoms with Gasteiger partial charge < -0.3 is 10.5 Å². The molecule has 3 N–H and O–H groups in total. The molecule has 1 unspecified atom stereocenters. The highest BCUT2D eigenvalue weighted by molar-refractivity contribution is 7.89. The van der Waals surface area contributed by atoms with Gasteiger partial charge in [-0.2, -0.15) is 0 Å². The van der Waals surface area contributed by atoms with Crippen LogP contribution >= 0.6 is 0 Å². The summed E-state index contributed by atoms with van der Waals surface area (Å²) < 4.78 is 31.6. The number of rotatable bonds is 4. The van der Waals surface area contributed by atoms with Gasteiger partial charge in [-0.05, 0) is 23.8 Å². The van der Waals surface area contributed by atoms with Crippen molar-refractivity contribution >= 4 is 10.0 Å². The van der Waals surface area contributed by atoms with Crippen molar-refractivity contribution in [1.29, 1.82) is 0 Å². The highest BCUT2D eigenvalue weighted by Gasteiger charge is 2.24. The van der Waals surface area contributed by atoms with E-state index in [4.69, 9.17) is 10.5 Å². The largest absolute Gasteiger partial charge is 0.488 e. The number of fused-ring (bicyclic) bond motifs is 1. The van der Waals surface area contributed by atoms with Gasteiger partial charge in [0.1, 0.15) is 11.9 Å². The zero-order chi connectivity index (χ0) is 12.5. The minimum Gasteiger partial charge on any atom is -0.488 e. The molecule has 0 spiro atoms. The summed E-state index contributed by atoms with van der Waals surface area (Å²) in [6, 6.07) is 4.90. The van der Waals surface area contributed by atoms with Crippen molar-refractivity contribution in [2.45, 2.75) is 24.3 Å². The third-order valence-corrected chi connectivity index (χ3v) is 4.22. The summed E-state index contributed by atoms with van der Waals surface area (Å²) in [5, 5.41) is 0. The minimum absolute atomic E-state index is 0.0397. The SMILES string of the molecule is CCNS(=O)(=O)c1ccc2c(c1)CC(CN)O2. The monoisotopic (exact) mass is 256 g/mol. The number of nitrogens with one attached hydrogen (secondary N) is 1. The maximum atomic E-state index is 11.8. The Hall–Kier alpha value is -1.11. The molecule has 17 heavy (non-hydrogen) atoms. The van der Waals surface area contributed by atoms with Crippen molar-refractivity contribution in [2.75, 3.05) is 13.1 Å². The molecule has 2 rings (SSSR count). The maximum absolute atomic E-state index is 11.8. The Morgan fingerprint density at radius 1 is 1.53 bits per heavy atom. The maximum Gasteiger partial charge on any atom is 0.240 e. The molecule has 0 bridgehead atoms. The molecule has 1 aromatic rings. The highest BCUT2D eigenvalue weighted by atomic mass is 32.2. The molecule has 5 nitrogen and oxygen atoms in total. The third kappa shape index (κ3) is 2.43. The summed E-state index contributed by atoms with van der Waals surface area (Å²) in [6.07, 6.45) is 0.628. The Balaban J connectivity index is 2.31. The second kappa shape index (κ2) is 4.64. The molecule has 1 aromatic carbocycles. The molecule has 0 aromatic heterocycles. The zero-order valence-electron chi connectivity index (χ0n) is 9.64. The first-order valence-corrected chi connectivity index (χ1v) is 7.04. The van der Waals surface area contributed by atoms with Crippen molar-refractivity contribution in [2.24, 2.45) is 5.73 Å². The summed E-state index contributed by atoms with van der Waals surface area (Å²) >= 11 is 0. The quantitative estimate of drug-likeness (QED) is 0.809. The lowest BCUT2D eigenvalue weighted by atomic mass is 10.1. The minimum atomic E-state index is -3.39. The van der Waals surface area contributed by atoms with Crippen LogP contribution in [0.1, 0.15) is 12.5 Å². The highest BCUT2D eigenvalue weighted by Crippen LogP contribution is 2.30. The molecule has 0 amide bonds. The number of sulfonamides is 1. The van der Waals surface area contributed by atoms with Crippen molar-refractivity contribution < 1.29 is 13.2 Å². The summed E-state index contributed by atoms with van der Waals surface area (Å²) in [6.45, 7) is 2.56. The topological polar surface area (TPSA) is 81.4 Å². The van der Waals surface area contributed by atoms with Crippen LogP contribution in [0.15, 0.2) is 23.1 Å². The molecule has 1 aliphatic rings. The van der Waals surface area contributed by atoms with Gasteiger partial charge in [0, 0.05) is 19.5 Å². The van der Waals surface area contributed by atoms with E-state index in [2.05, 4.69) is 4.72 Å². The Labute approximate surface area is 101 Å². The number of hydrogen-bond donors (Lipinski definition) is 2. The fourth-order valence-electron chi connectivity index (χ4n) is 1.87. The lowest BCUT2D eigenvalue weighted by molar-refractivity contribution is 0.241. The predicted molar refractivity (Wildman–Crippen MR) is 64.5 cm³/mol. The molecular formula is C11H16N2O3S. The van der Waals surface area contributed by atoms with Gasteiger partial charge in [0.15, 0.2) is 0 Å². The standard InChI is InChI=1S/C11H16N2O3S/c1-2-13-17(14,15)10-3-4-11-8(6-10)5-9(7-12)16-11/h3-4,6,9,13H,2,5,7,12H2,1H3. The van der Waals surface area contributed by atoms with Crippen LogP contribution in [0.25, 0.3) is 0 Å². The molecule has 1 heterocycles. The van der Waals surface area contributed by atoms with Crippen LogP contribution in [0.5, 0.6) is 5.75 Å². The summed E-state index contributed by atoms with van der Waals surface area (Å²) in [4.78, 5) is 0.277. The fraction of sp³-hybridized carbons (Fsp3) is 0.455. The van der Waals surface area contributed by atoms with E-state index in [1.165, 1.54) is 0 Å². The predicted octanol–water partition coefficient (Wildman–Crippen LogP) is 0.247. The van der Waals surface area contributed by atoms with Gasteiger partial charge in [-0.25, -0.2) is 13.1 Å². The van der Waals surface area contributed by atoms with Gasteiger partial charge in [0.25, 0.3) is 0 Å². The Morgan fingerprint density at radius 2 is 2.29 bits per heavy atom. The lowest BCUT2D eigenvalue weighted by Gasteiger charge is -2.06. The first-order chi connectivity index (χ1) is 8.06. The first kappa shape index (κ1) is 12.3. The van der Waals surface area contributed by atoms with E-state index in [9.17, 15) is 8.42 Å². The molecule has 6 heteroatoms. The summed E-state index contributed by atoms with van der Waals surface area (Å²) in [5.74, 6) is 0.732. The number of ether oxygens (including phenoxy) is 1. The Kier molecular flexibility index (Phi) is 3.37. The molecule has 0 radical (unpaired) electrons. The Bertz CT molecular complexity index is 513. The normalized spacial score (nSPS) is 18.8. The van der Waals surface area contributed by atoms with E-state index in [0.29, 0.717) is 19.5 Å². The van der Waals surface area contributed by atoms with E-state index in [1.54, 1.807) is 25.1 Å². The smallest absolute Gasteiger partial charge is 0.240 e. The summed E-state index contributed by atoms with van der Waals surface area (Å²) in [7, 11) is -3.39. The first-order valence-electron chi connectivity index (χ1n) is 5.56. The second-order valence-electron chi connectivity index (χ2n) is 3.95. The van der Waals surface area contributed by atoms with Gasteiger partial charge in [-0.3, -0.25) is 0 Å². The van der Waals surface area contributed by atoms with E-state index < -0.39 is 10.0 Å². The zero-order valence-corrected chi connectivity index (χ0v) is 10.5. The van der Waals surface area contributed by atoms with Crippen molar-refractivity contribution in [1.82, 2.24) is 4.72 Å². The summed E-state index contributed by atoms with van der Waals surface area (Å²) in [5.41, 5.74) is 6.43. The van der Waals surface area contributed by atoms with E-state index >= 15 is 0 Å². The van der Waals surface area contributed by atoms with Crippen molar-refractivity contribution in [3.05, 3.63) is 23.8 Å². The fourth-order valence-corrected chi connectivity index (χ4v) is 2.96. The molecule has 0 saturated carbocycles. The average Bonchev–Trinajstić information content (AvgIpc) is 2.70. The van der Waals surface area contributed by atoms with Crippen LogP contribution in [-0.4, -0.2) is 27.6 Å². The van der Waals surface area contributed by atoms with Gasteiger partial charge in [0.05, 0.1) is 4.90 Å². The van der Waals surface area contributed by atoms with Crippen molar-refractivity contribution in [3.8, 4) is 5.75 Å². The van der Waals surface area contributed by atoms with Gasteiger partial charge in [-0.15, -0.1) is 0 Å². The molecular weight excluding hydrogens is 240 g/mol. The molecule has 1 aliphatic heterocycles. The third-order valence-electron chi connectivity index (χ3n) is 2.68. The van der Waals surface area contributed by atoms with Crippen LogP contribution in [0.2, 0.25) is 0 Å². The number of benzene rings is 1. The van der Waals surface area contributed by atoms with Crippen LogP contribution in [0.3, 0.4) is 0 Å². The van der Waals surface area contributed by atoms with Crippen LogP contribution in [0.4, 0.5) is 0 Å². The number of nitrogens with two attached hydrogens (primary N) is 1. The molecule has 0 saturated heterocycles. The van der Waals surface area contributed by atoms with E-state index in [0.717, 1.165) is 11.3 Å². The lowest BCUT2D eigenvalue weighted by Crippen LogP contribution is -2.24. The molecule has 94 valence electrons. The molecule has 1 atom stereocenters. The van der Waals surface area contributed by atoms with Gasteiger partial charge in [-0.1, -0.05) is 6.92 Å². The van der Waals surface area contributed by atoms with Crippen LogP contribution < -0.4 is 15.2 Å². The van der Waals surface area contributed by atoms with Gasteiger partial charge in [0.2, 0.25) is 10.0 Å². The van der Waals surface area contributed by atoms with E-state index in [1.807, 2.05) is 0 Å². The second-order valence-corrected chi connectivity index (χ2v) is 5.72. The molecule has 0 fully saturated rings. The average molecular weight is 256 g/mol. The van der Waals surface area contributed by atoms with Crippen molar-refractivity contribution in [3.63, 3.8) is 0 Å². The van der Waals surface area contributed by atoms with Crippen LogP contribution in [-0.2, 0) is 16.4 Å². The number of hydrogen-bond acceptors (Lipinski definition) is 4. The Morgan fingerprint density at radius 3 is 2.94 bits per heavy atom. The van der Waals surface area contributed by atoms with Crippen LogP contribution in [0, 0.1) is 0 Å². The van der Waals surface area contributed by atoms with E-state index in [-0.39, 0.29) is 11.0 Å². The van der Waals surface area contributed by atoms with Gasteiger partial charge >= 0.3 is 0 Å². The molecule has 0 aliphatic carbocycles.